The van der Waals surface area contributed by atoms with E-state index in [0.29, 0.717) is 13.0 Å². The van der Waals surface area contributed by atoms with Gasteiger partial charge in [0.2, 0.25) is 5.91 Å². The molecule has 1 amide bonds. The Kier molecular flexibility index (Phi) is 4.32. The van der Waals surface area contributed by atoms with Crippen LogP contribution in [-0.4, -0.2) is 39.0 Å². The molecule has 7 heteroatoms. The van der Waals surface area contributed by atoms with Crippen LogP contribution in [0.25, 0.3) is 0 Å². The van der Waals surface area contributed by atoms with Crippen LogP contribution in [0.1, 0.15) is 38.6 Å². The van der Waals surface area contributed by atoms with Gasteiger partial charge in [0.25, 0.3) is 0 Å². The minimum Gasteiger partial charge on any atom is -0.481 e. The molecule has 2 heterocycles. The number of imidazole rings is 1. The number of hydrogen-bond donors (Lipinski definition) is 4. The van der Waals surface area contributed by atoms with Crippen molar-refractivity contribution < 1.29 is 14.7 Å². The molecule has 0 spiro atoms. The number of nitrogens with zero attached hydrogens (tertiary/aromatic N) is 1. The molecule has 2 atom stereocenters. The molecular weight excluding hydrogens is 272 g/mol. The normalized spacial score (nSPS) is 19.7. The summed E-state index contributed by atoms with van der Waals surface area (Å²) >= 11 is 0. The SMILES string of the molecule is CC(C)(C)C(CC(=O)O)NC(=O)C1Cc2nc[nH]c2CN1. The molecule has 1 aliphatic rings. The van der Waals surface area contributed by atoms with Crippen molar-refractivity contribution in [1.29, 1.82) is 0 Å². The lowest BCUT2D eigenvalue weighted by molar-refractivity contribution is -0.138. The fourth-order valence-corrected chi connectivity index (χ4v) is 2.38. The zero-order valence-corrected chi connectivity index (χ0v) is 12.6. The Morgan fingerprint density at radius 1 is 1.52 bits per heavy atom. The van der Waals surface area contributed by atoms with E-state index in [0.717, 1.165) is 11.4 Å². The van der Waals surface area contributed by atoms with Crippen LogP contribution in [0.2, 0.25) is 0 Å². The molecule has 4 N–H and O–H groups in total. The number of fused-ring (bicyclic) bond motifs is 1. The Balaban J connectivity index is 2.01. The minimum absolute atomic E-state index is 0.0877. The highest BCUT2D eigenvalue weighted by Gasteiger charge is 2.32. The van der Waals surface area contributed by atoms with Crippen LogP contribution in [0.15, 0.2) is 6.33 Å². The van der Waals surface area contributed by atoms with Gasteiger partial charge in [-0.1, -0.05) is 20.8 Å². The van der Waals surface area contributed by atoms with E-state index in [-0.39, 0.29) is 23.8 Å². The quantitative estimate of drug-likeness (QED) is 0.644. The van der Waals surface area contributed by atoms with E-state index in [1.807, 2.05) is 20.8 Å². The van der Waals surface area contributed by atoms with Crippen molar-refractivity contribution in [3.05, 3.63) is 17.7 Å². The summed E-state index contributed by atoms with van der Waals surface area (Å²) in [5.74, 6) is -1.09. The topological polar surface area (TPSA) is 107 Å². The van der Waals surface area contributed by atoms with Crippen molar-refractivity contribution in [2.75, 3.05) is 0 Å². The van der Waals surface area contributed by atoms with Crippen LogP contribution < -0.4 is 10.6 Å². The van der Waals surface area contributed by atoms with Gasteiger partial charge in [-0.25, -0.2) is 4.98 Å². The molecule has 0 saturated heterocycles. The van der Waals surface area contributed by atoms with Gasteiger partial charge in [-0.15, -0.1) is 0 Å². The third-order valence-electron chi connectivity index (χ3n) is 3.79. The molecule has 1 aromatic heterocycles. The van der Waals surface area contributed by atoms with Gasteiger partial charge in [0.05, 0.1) is 30.2 Å². The van der Waals surface area contributed by atoms with E-state index < -0.39 is 12.0 Å². The highest BCUT2D eigenvalue weighted by molar-refractivity contribution is 5.83. The van der Waals surface area contributed by atoms with Crippen molar-refractivity contribution in [3.63, 3.8) is 0 Å². The second-order valence-electron chi connectivity index (χ2n) is 6.49. The summed E-state index contributed by atoms with van der Waals surface area (Å²) < 4.78 is 0. The number of rotatable bonds is 4. The maximum absolute atomic E-state index is 12.4. The molecule has 0 radical (unpaired) electrons. The highest BCUT2D eigenvalue weighted by Crippen LogP contribution is 2.22. The van der Waals surface area contributed by atoms with E-state index in [1.54, 1.807) is 6.33 Å². The van der Waals surface area contributed by atoms with Crippen molar-refractivity contribution in [2.45, 2.75) is 52.2 Å². The van der Waals surface area contributed by atoms with E-state index >= 15 is 0 Å². The lowest BCUT2D eigenvalue weighted by Gasteiger charge is -2.32. The van der Waals surface area contributed by atoms with Gasteiger partial charge in [0.15, 0.2) is 0 Å². The second-order valence-corrected chi connectivity index (χ2v) is 6.49. The molecule has 1 aliphatic heterocycles. The number of H-pyrrole nitrogens is 1. The molecule has 116 valence electrons. The molecule has 21 heavy (non-hydrogen) atoms. The number of aromatic amines is 1. The summed E-state index contributed by atoms with van der Waals surface area (Å²) in [4.78, 5) is 30.5. The van der Waals surface area contributed by atoms with E-state index in [1.165, 1.54) is 0 Å². The first kappa shape index (κ1) is 15.5. The molecule has 0 bridgehead atoms. The van der Waals surface area contributed by atoms with Crippen molar-refractivity contribution in [3.8, 4) is 0 Å². The van der Waals surface area contributed by atoms with Gasteiger partial charge in [-0.3, -0.25) is 14.9 Å². The molecule has 0 fully saturated rings. The predicted molar refractivity (Wildman–Crippen MR) is 76.6 cm³/mol. The van der Waals surface area contributed by atoms with E-state index in [2.05, 4.69) is 20.6 Å². The second kappa shape index (κ2) is 5.85. The third-order valence-corrected chi connectivity index (χ3v) is 3.79. The van der Waals surface area contributed by atoms with Gasteiger partial charge in [0, 0.05) is 19.0 Å². The molecule has 0 saturated carbocycles. The maximum Gasteiger partial charge on any atom is 0.305 e. The Bertz CT molecular complexity index is 533. The number of aliphatic carboxylic acids is 1. The van der Waals surface area contributed by atoms with Gasteiger partial charge < -0.3 is 15.4 Å². The fraction of sp³-hybridized carbons (Fsp3) is 0.643. The lowest BCUT2D eigenvalue weighted by Crippen LogP contribution is -2.53. The van der Waals surface area contributed by atoms with E-state index in [4.69, 9.17) is 5.11 Å². The van der Waals surface area contributed by atoms with Crippen molar-refractivity contribution in [1.82, 2.24) is 20.6 Å². The van der Waals surface area contributed by atoms with E-state index in [9.17, 15) is 9.59 Å². The number of aromatic nitrogens is 2. The molecule has 7 nitrogen and oxygen atoms in total. The summed E-state index contributed by atoms with van der Waals surface area (Å²) in [5, 5.41) is 15.0. The van der Waals surface area contributed by atoms with Gasteiger partial charge in [-0.05, 0) is 5.41 Å². The van der Waals surface area contributed by atoms with Crippen LogP contribution in [0.5, 0.6) is 0 Å². The number of hydrogen-bond acceptors (Lipinski definition) is 4. The Morgan fingerprint density at radius 2 is 2.24 bits per heavy atom. The summed E-state index contributed by atoms with van der Waals surface area (Å²) in [6, 6.07) is -0.788. The fourth-order valence-electron chi connectivity index (χ4n) is 2.38. The summed E-state index contributed by atoms with van der Waals surface area (Å²) in [6.45, 7) is 6.32. The van der Waals surface area contributed by atoms with Crippen LogP contribution >= 0.6 is 0 Å². The maximum atomic E-state index is 12.4. The van der Waals surface area contributed by atoms with Crippen LogP contribution in [0, 0.1) is 5.41 Å². The Hall–Kier alpha value is -1.89. The van der Waals surface area contributed by atoms with Gasteiger partial charge in [0.1, 0.15) is 0 Å². The first-order chi connectivity index (χ1) is 9.77. The minimum atomic E-state index is -0.915. The number of carboxylic acid groups (broad SMARTS) is 1. The number of carbonyl (C=O) groups excluding carboxylic acids is 1. The van der Waals surface area contributed by atoms with Crippen LogP contribution in [0.3, 0.4) is 0 Å². The molecule has 1 aromatic rings. The number of amides is 1. The Morgan fingerprint density at radius 3 is 2.86 bits per heavy atom. The highest BCUT2D eigenvalue weighted by atomic mass is 16.4. The molecular formula is C14H22N4O3. The Labute approximate surface area is 123 Å². The molecule has 2 unspecified atom stereocenters. The molecule has 0 aromatic carbocycles. The number of carboxylic acids is 1. The number of carbonyl (C=O) groups is 2. The first-order valence-corrected chi connectivity index (χ1v) is 7.04. The third kappa shape index (κ3) is 3.81. The average Bonchev–Trinajstić information content (AvgIpc) is 2.83. The summed E-state index contributed by atoms with van der Waals surface area (Å²) in [7, 11) is 0. The van der Waals surface area contributed by atoms with Gasteiger partial charge in [-0.2, -0.15) is 0 Å². The molecule has 0 aliphatic carbocycles. The molecule has 2 rings (SSSR count). The predicted octanol–water partition coefficient (Wildman–Crippen LogP) is 0.430. The van der Waals surface area contributed by atoms with Gasteiger partial charge >= 0.3 is 5.97 Å². The lowest BCUT2D eigenvalue weighted by atomic mass is 9.84. The zero-order valence-electron chi connectivity index (χ0n) is 12.6. The first-order valence-electron chi connectivity index (χ1n) is 7.04. The summed E-state index contributed by atoms with van der Waals surface area (Å²) in [5.41, 5.74) is 1.57. The summed E-state index contributed by atoms with van der Waals surface area (Å²) in [6.07, 6.45) is 2.04. The van der Waals surface area contributed by atoms with Crippen molar-refractivity contribution >= 4 is 11.9 Å². The smallest absolute Gasteiger partial charge is 0.305 e. The van der Waals surface area contributed by atoms with Crippen LogP contribution in [0.4, 0.5) is 0 Å². The largest absolute Gasteiger partial charge is 0.481 e. The van der Waals surface area contributed by atoms with Crippen molar-refractivity contribution in [2.24, 2.45) is 5.41 Å². The average molecular weight is 294 g/mol. The monoisotopic (exact) mass is 294 g/mol. The van der Waals surface area contributed by atoms with Crippen LogP contribution in [-0.2, 0) is 22.6 Å². The number of nitrogens with one attached hydrogen (secondary N) is 3. The zero-order chi connectivity index (χ0) is 15.6. The standard InChI is InChI=1S/C14H22N4O3/c1-14(2,3)11(5-12(19)20)18-13(21)9-4-8-10(6-15-9)17-7-16-8/h7,9,11,15H,4-6H2,1-3H3,(H,16,17)(H,18,21)(H,19,20).